The summed E-state index contributed by atoms with van der Waals surface area (Å²) in [5, 5.41) is 0.805. The molecule has 4 atom stereocenters. The lowest BCUT2D eigenvalue weighted by Crippen LogP contribution is -2.39. The van der Waals surface area contributed by atoms with Crippen molar-refractivity contribution >= 4 is 16.9 Å². The van der Waals surface area contributed by atoms with Gasteiger partial charge in [0.1, 0.15) is 36.1 Å². The first-order valence-corrected chi connectivity index (χ1v) is 9.36. The van der Waals surface area contributed by atoms with E-state index in [1.165, 1.54) is 6.33 Å². The van der Waals surface area contributed by atoms with Gasteiger partial charge >= 0.3 is 0 Å². The molecule has 0 unspecified atom stereocenters. The van der Waals surface area contributed by atoms with E-state index in [4.69, 9.17) is 25.7 Å². The van der Waals surface area contributed by atoms with E-state index in [2.05, 4.69) is 21.9 Å². The topological polar surface area (TPSA) is 114 Å². The van der Waals surface area contributed by atoms with E-state index < -0.39 is 5.79 Å². The van der Waals surface area contributed by atoms with Gasteiger partial charge in [0, 0.05) is 12.7 Å². The molecule has 4 rings (SSSR count). The molecular weight excluding hydrogens is 348 g/mol. The fraction of sp³-hybridized carbons (Fsp3) is 0.667. The summed E-state index contributed by atoms with van der Waals surface area (Å²) >= 11 is 0. The molecule has 0 amide bonds. The fourth-order valence-corrected chi connectivity index (χ4v) is 3.99. The van der Waals surface area contributed by atoms with E-state index in [0.717, 1.165) is 30.5 Å². The maximum atomic E-state index is 6.40. The summed E-state index contributed by atoms with van der Waals surface area (Å²) < 4.78 is 20.8. The molecule has 0 radical (unpaired) electrons. The number of anilines is 1. The predicted molar refractivity (Wildman–Crippen MR) is 101 cm³/mol. The molecule has 148 valence electrons. The normalized spacial score (nSPS) is 29.7. The zero-order chi connectivity index (χ0) is 19.2. The number of nitrogens with two attached hydrogens (primary N) is 2. The third-order valence-corrected chi connectivity index (χ3v) is 5.18. The summed E-state index contributed by atoms with van der Waals surface area (Å²) in [6.45, 7) is 6.21. The molecule has 2 saturated heterocycles. The highest BCUT2D eigenvalue weighted by molar-refractivity contribution is 5.86. The number of hydrogen-bond acceptors (Lipinski definition) is 8. The van der Waals surface area contributed by atoms with Gasteiger partial charge in [-0.25, -0.2) is 9.97 Å². The maximum Gasteiger partial charge on any atom is 0.164 e. The van der Waals surface area contributed by atoms with Crippen LogP contribution >= 0.6 is 0 Å². The summed E-state index contributed by atoms with van der Waals surface area (Å²) in [4.78, 5) is 10.7. The van der Waals surface area contributed by atoms with Crippen LogP contribution in [0.15, 0.2) is 18.6 Å². The molecule has 2 fully saturated rings. The number of ether oxygens (including phenoxy) is 3. The molecule has 0 aromatic carbocycles. The van der Waals surface area contributed by atoms with Crippen LogP contribution in [0.2, 0.25) is 0 Å². The third kappa shape index (κ3) is 3.41. The average Bonchev–Trinajstić information content (AvgIpc) is 3.26. The molecule has 2 aliphatic heterocycles. The molecule has 9 heteroatoms. The van der Waals surface area contributed by atoms with Crippen LogP contribution in [0.25, 0.3) is 11.0 Å². The highest BCUT2D eigenvalue weighted by Gasteiger charge is 2.56. The molecule has 9 nitrogen and oxygen atoms in total. The van der Waals surface area contributed by atoms with Crippen molar-refractivity contribution in [3.05, 3.63) is 18.6 Å². The molecule has 2 aromatic heterocycles. The van der Waals surface area contributed by atoms with Gasteiger partial charge in [0.15, 0.2) is 12.0 Å². The van der Waals surface area contributed by atoms with Crippen molar-refractivity contribution in [2.24, 2.45) is 5.73 Å². The van der Waals surface area contributed by atoms with E-state index in [1.54, 1.807) is 0 Å². The average molecular weight is 376 g/mol. The Morgan fingerprint density at radius 2 is 2.04 bits per heavy atom. The van der Waals surface area contributed by atoms with Crippen LogP contribution in [0.4, 0.5) is 5.82 Å². The van der Waals surface area contributed by atoms with Crippen LogP contribution in [-0.2, 0) is 14.2 Å². The lowest BCUT2D eigenvalue weighted by Gasteiger charge is -2.27. The Kier molecular flexibility index (Phi) is 4.81. The molecule has 0 bridgehead atoms. The molecular formula is C18H28N6O3. The van der Waals surface area contributed by atoms with Gasteiger partial charge in [-0.15, -0.1) is 0 Å². The van der Waals surface area contributed by atoms with Gasteiger partial charge in [-0.05, 0) is 46.5 Å². The van der Waals surface area contributed by atoms with Gasteiger partial charge < -0.3 is 35.1 Å². The van der Waals surface area contributed by atoms with Crippen LogP contribution in [0.1, 0.15) is 26.5 Å². The van der Waals surface area contributed by atoms with Gasteiger partial charge in [0.2, 0.25) is 0 Å². The monoisotopic (exact) mass is 376 g/mol. The second kappa shape index (κ2) is 6.99. The highest BCUT2D eigenvalue weighted by atomic mass is 16.8. The smallest absolute Gasteiger partial charge is 0.164 e. The number of likely N-dealkylation sites (N-methyl/N-ethyl adjacent to an activating group) is 1. The first kappa shape index (κ1) is 18.6. The van der Waals surface area contributed by atoms with Crippen molar-refractivity contribution in [2.75, 3.05) is 32.4 Å². The zero-order valence-electron chi connectivity index (χ0n) is 16.0. The Morgan fingerprint density at radius 3 is 2.81 bits per heavy atom. The largest absolute Gasteiger partial charge is 0.383 e. The number of rotatable bonds is 6. The summed E-state index contributed by atoms with van der Waals surface area (Å²) in [7, 11) is 2.07. The van der Waals surface area contributed by atoms with Gasteiger partial charge in [0.25, 0.3) is 0 Å². The standard InChI is InChI=1S/C18H28N6O3/c1-18(2)26-13-12(9-23(3)7-4-6-19)25-17(14(13)27-18)24-8-5-11-15(20)21-10-22-16(11)24/h5,8,10,12-14,17H,4,6-7,9,19H2,1-3H3,(H2,20,21,22)/t12-,13-,14-,17-/m1/s1. The van der Waals surface area contributed by atoms with Crippen molar-refractivity contribution in [2.45, 2.75) is 50.6 Å². The highest BCUT2D eigenvalue weighted by Crippen LogP contribution is 2.44. The number of nitrogens with zero attached hydrogens (tertiary/aromatic N) is 4. The molecule has 27 heavy (non-hydrogen) atoms. The Bertz CT molecular complexity index is 809. The summed E-state index contributed by atoms with van der Waals surface area (Å²) in [5.74, 6) is -0.196. The number of aromatic nitrogens is 3. The van der Waals surface area contributed by atoms with Crippen molar-refractivity contribution in [1.29, 1.82) is 0 Å². The van der Waals surface area contributed by atoms with Crippen molar-refractivity contribution in [3.8, 4) is 0 Å². The van der Waals surface area contributed by atoms with Crippen LogP contribution in [-0.4, -0.2) is 70.2 Å². The number of fused-ring (bicyclic) bond motifs is 2. The molecule has 2 aromatic rings. The van der Waals surface area contributed by atoms with Crippen LogP contribution in [0.5, 0.6) is 0 Å². The Hall–Kier alpha value is -1.78. The number of nitrogen functional groups attached to an aromatic ring is 1. The van der Waals surface area contributed by atoms with E-state index in [9.17, 15) is 0 Å². The first-order chi connectivity index (χ1) is 12.9. The van der Waals surface area contributed by atoms with Crippen LogP contribution in [0, 0.1) is 0 Å². The first-order valence-electron chi connectivity index (χ1n) is 9.36. The molecule has 0 saturated carbocycles. The molecule has 2 aliphatic rings. The van der Waals surface area contributed by atoms with E-state index in [-0.39, 0.29) is 24.5 Å². The van der Waals surface area contributed by atoms with Crippen LogP contribution in [0.3, 0.4) is 0 Å². The predicted octanol–water partition coefficient (Wildman–Crippen LogP) is 0.712. The van der Waals surface area contributed by atoms with Gasteiger partial charge in [0.05, 0.1) is 5.39 Å². The Labute approximate surface area is 158 Å². The van der Waals surface area contributed by atoms with Gasteiger partial charge in [-0.1, -0.05) is 0 Å². The number of hydrogen-bond donors (Lipinski definition) is 2. The Balaban J connectivity index is 1.62. The quantitative estimate of drug-likeness (QED) is 0.758. The van der Waals surface area contributed by atoms with Gasteiger partial charge in [-0.3, -0.25) is 0 Å². The zero-order valence-corrected chi connectivity index (χ0v) is 16.0. The summed E-state index contributed by atoms with van der Waals surface area (Å²) in [6, 6.07) is 1.91. The minimum absolute atomic E-state index is 0.110. The van der Waals surface area contributed by atoms with Gasteiger partial charge in [-0.2, -0.15) is 0 Å². The maximum absolute atomic E-state index is 6.40. The minimum Gasteiger partial charge on any atom is -0.383 e. The van der Waals surface area contributed by atoms with E-state index >= 15 is 0 Å². The van der Waals surface area contributed by atoms with Crippen LogP contribution < -0.4 is 11.5 Å². The minimum atomic E-state index is -0.650. The van der Waals surface area contributed by atoms with Crippen molar-refractivity contribution in [3.63, 3.8) is 0 Å². The van der Waals surface area contributed by atoms with Crippen molar-refractivity contribution < 1.29 is 14.2 Å². The van der Waals surface area contributed by atoms with Crippen molar-refractivity contribution in [1.82, 2.24) is 19.4 Å². The Morgan fingerprint density at radius 1 is 1.26 bits per heavy atom. The lowest BCUT2D eigenvalue weighted by molar-refractivity contribution is -0.197. The molecule has 0 aliphatic carbocycles. The van der Waals surface area contributed by atoms with E-state index in [0.29, 0.717) is 12.4 Å². The van der Waals surface area contributed by atoms with E-state index in [1.807, 2.05) is 30.7 Å². The third-order valence-electron chi connectivity index (χ3n) is 5.18. The second-order valence-electron chi connectivity index (χ2n) is 7.75. The summed E-state index contributed by atoms with van der Waals surface area (Å²) in [5.41, 5.74) is 12.3. The SMILES string of the molecule is CN(CCCN)C[C@H]1O[C@@H](n2ccc3c(N)ncnc32)[C@@H]2OC(C)(C)O[C@@H]21. The fourth-order valence-electron chi connectivity index (χ4n) is 3.99. The summed E-state index contributed by atoms with van der Waals surface area (Å²) in [6.07, 6.45) is 3.52. The molecule has 4 heterocycles. The lowest BCUT2D eigenvalue weighted by atomic mass is 10.1. The second-order valence-corrected chi connectivity index (χ2v) is 7.75. The molecule has 4 N–H and O–H groups in total. The molecule has 0 spiro atoms.